The van der Waals surface area contributed by atoms with E-state index in [1.807, 2.05) is 38.1 Å². The number of hydrogen-bond acceptors (Lipinski definition) is 5. The highest BCUT2D eigenvalue weighted by atomic mass is 16.5. The van der Waals surface area contributed by atoms with E-state index < -0.39 is 0 Å². The topological polar surface area (TPSA) is 65.5 Å². The molecule has 1 aromatic heterocycles. The predicted molar refractivity (Wildman–Crippen MR) is 111 cm³/mol. The van der Waals surface area contributed by atoms with Gasteiger partial charge in [-0.2, -0.15) is 0 Å². The summed E-state index contributed by atoms with van der Waals surface area (Å²) in [6.07, 6.45) is 0.322. The Labute approximate surface area is 169 Å². The number of ether oxygens (including phenoxy) is 2. The smallest absolute Gasteiger partial charge is 0.196 e. The number of carbonyl (C=O) groups excluding carboxylic acids is 2. The summed E-state index contributed by atoms with van der Waals surface area (Å²) in [6, 6.07) is 12.8. The number of ketones is 2. The summed E-state index contributed by atoms with van der Waals surface area (Å²) >= 11 is 0. The molecule has 4 rings (SSSR count). The second kappa shape index (κ2) is 7.17. The van der Waals surface area contributed by atoms with Crippen molar-refractivity contribution in [2.24, 2.45) is 0 Å². The standard InChI is InChI=1S/C24H21NO4/c1-5-17(26)20-13(2)25-23-15-8-6-7-9-16(15)24(27)22(23)21(20)14-10-11-18(28-3)19(12-14)29-4/h6-12H,5H2,1-4H3. The van der Waals surface area contributed by atoms with Crippen LogP contribution < -0.4 is 9.47 Å². The molecule has 0 radical (unpaired) electrons. The van der Waals surface area contributed by atoms with E-state index in [-0.39, 0.29) is 11.6 Å². The summed E-state index contributed by atoms with van der Waals surface area (Å²) in [7, 11) is 3.13. The number of fused-ring (bicyclic) bond motifs is 3. The first-order valence-corrected chi connectivity index (χ1v) is 9.46. The zero-order chi connectivity index (χ0) is 20.7. The van der Waals surface area contributed by atoms with E-state index in [4.69, 9.17) is 9.47 Å². The average Bonchev–Trinajstić information content (AvgIpc) is 3.03. The Morgan fingerprint density at radius 3 is 2.31 bits per heavy atom. The van der Waals surface area contributed by atoms with E-state index in [1.54, 1.807) is 32.4 Å². The Balaban J connectivity index is 2.09. The van der Waals surface area contributed by atoms with Crippen LogP contribution in [0.25, 0.3) is 22.4 Å². The number of methoxy groups -OCH3 is 2. The highest BCUT2D eigenvalue weighted by Crippen LogP contribution is 2.44. The lowest BCUT2D eigenvalue weighted by atomic mass is 9.89. The van der Waals surface area contributed by atoms with Gasteiger partial charge in [0.1, 0.15) is 0 Å². The molecule has 1 aliphatic carbocycles. The van der Waals surface area contributed by atoms with Crippen LogP contribution in [0.4, 0.5) is 0 Å². The van der Waals surface area contributed by atoms with Gasteiger partial charge in [-0.1, -0.05) is 37.3 Å². The van der Waals surface area contributed by atoms with Crippen LogP contribution in [0.15, 0.2) is 42.5 Å². The molecule has 146 valence electrons. The zero-order valence-corrected chi connectivity index (χ0v) is 16.8. The summed E-state index contributed by atoms with van der Waals surface area (Å²) in [4.78, 5) is 30.9. The average molecular weight is 387 g/mol. The summed E-state index contributed by atoms with van der Waals surface area (Å²) in [5.74, 6) is 0.951. The van der Waals surface area contributed by atoms with Crippen LogP contribution in [0, 0.1) is 6.92 Å². The van der Waals surface area contributed by atoms with Crippen molar-refractivity contribution in [3.05, 3.63) is 64.8 Å². The molecule has 0 saturated heterocycles. The number of rotatable bonds is 5. The second-order valence-corrected chi connectivity index (χ2v) is 6.89. The lowest BCUT2D eigenvalue weighted by Crippen LogP contribution is -2.10. The maximum absolute atomic E-state index is 13.3. The van der Waals surface area contributed by atoms with E-state index in [1.165, 1.54) is 0 Å². The van der Waals surface area contributed by atoms with Crippen molar-refractivity contribution in [1.82, 2.24) is 4.98 Å². The van der Waals surface area contributed by atoms with E-state index in [9.17, 15) is 9.59 Å². The molecule has 0 saturated carbocycles. The van der Waals surface area contributed by atoms with Gasteiger partial charge in [0.25, 0.3) is 0 Å². The van der Waals surface area contributed by atoms with Gasteiger partial charge in [0.2, 0.25) is 0 Å². The molecule has 0 unspecified atom stereocenters. The fourth-order valence-electron chi connectivity index (χ4n) is 3.94. The molecule has 0 atom stereocenters. The first kappa shape index (κ1) is 18.9. The molecule has 3 aromatic rings. The van der Waals surface area contributed by atoms with Crippen molar-refractivity contribution in [3.8, 4) is 33.9 Å². The molecule has 0 fully saturated rings. The van der Waals surface area contributed by atoms with Crippen molar-refractivity contribution in [1.29, 1.82) is 0 Å². The maximum atomic E-state index is 13.3. The molecule has 0 spiro atoms. The van der Waals surface area contributed by atoms with Crippen LogP contribution >= 0.6 is 0 Å². The number of benzene rings is 2. The molecule has 1 aliphatic rings. The molecule has 0 N–H and O–H groups in total. The van der Waals surface area contributed by atoms with E-state index >= 15 is 0 Å². The van der Waals surface area contributed by atoms with Crippen molar-refractivity contribution in [2.45, 2.75) is 20.3 Å². The van der Waals surface area contributed by atoms with Gasteiger partial charge in [-0.15, -0.1) is 0 Å². The molecule has 5 nitrogen and oxygen atoms in total. The minimum Gasteiger partial charge on any atom is -0.493 e. The zero-order valence-electron chi connectivity index (χ0n) is 16.8. The van der Waals surface area contributed by atoms with Crippen LogP contribution in [-0.2, 0) is 0 Å². The predicted octanol–water partition coefficient (Wildman–Crippen LogP) is 4.88. The Morgan fingerprint density at radius 2 is 1.66 bits per heavy atom. The summed E-state index contributed by atoms with van der Waals surface area (Å²) < 4.78 is 10.8. The molecule has 0 amide bonds. The molecular formula is C24H21NO4. The number of pyridine rings is 1. The van der Waals surface area contributed by atoms with Crippen LogP contribution in [0.3, 0.4) is 0 Å². The minimum absolute atomic E-state index is 0.0497. The number of nitrogens with zero attached hydrogens (tertiary/aromatic N) is 1. The van der Waals surface area contributed by atoms with Crippen molar-refractivity contribution < 1.29 is 19.1 Å². The molecule has 2 aromatic carbocycles. The quantitative estimate of drug-likeness (QED) is 0.457. The van der Waals surface area contributed by atoms with Gasteiger partial charge in [-0.05, 0) is 24.6 Å². The fraction of sp³-hybridized carbons (Fsp3) is 0.208. The highest BCUT2D eigenvalue weighted by Gasteiger charge is 2.34. The van der Waals surface area contributed by atoms with Crippen LogP contribution in [0.2, 0.25) is 0 Å². The maximum Gasteiger partial charge on any atom is 0.196 e. The van der Waals surface area contributed by atoms with Crippen LogP contribution in [-0.4, -0.2) is 30.8 Å². The number of aryl methyl sites for hydroxylation is 1. The lowest BCUT2D eigenvalue weighted by Gasteiger charge is -2.17. The number of hydrogen-bond donors (Lipinski definition) is 0. The minimum atomic E-state index is -0.113. The Morgan fingerprint density at radius 1 is 0.966 bits per heavy atom. The van der Waals surface area contributed by atoms with Gasteiger partial charge < -0.3 is 9.47 Å². The number of carbonyl (C=O) groups is 2. The van der Waals surface area contributed by atoms with Crippen LogP contribution in [0.1, 0.15) is 45.3 Å². The monoisotopic (exact) mass is 387 g/mol. The van der Waals surface area contributed by atoms with Gasteiger partial charge in [0.05, 0.1) is 25.5 Å². The molecule has 5 heteroatoms. The van der Waals surface area contributed by atoms with Gasteiger partial charge >= 0.3 is 0 Å². The van der Waals surface area contributed by atoms with Crippen molar-refractivity contribution in [2.75, 3.05) is 14.2 Å². The third kappa shape index (κ3) is 2.81. The normalized spacial score (nSPS) is 11.8. The largest absolute Gasteiger partial charge is 0.493 e. The summed E-state index contributed by atoms with van der Waals surface area (Å²) in [6.45, 7) is 3.63. The van der Waals surface area contributed by atoms with E-state index in [0.29, 0.717) is 51.6 Å². The van der Waals surface area contributed by atoms with Gasteiger partial charge in [0.15, 0.2) is 23.1 Å². The molecule has 0 aliphatic heterocycles. The number of aromatic nitrogens is 1. The second-order valence-electron chi connectivity index (χ2n) is 6.89. The first-order valence-electron chi connectivity index (χ1n) is 9.46. The van der Waals surface area contributed by atoms with Crippen molar-refractivity contribution >= 4 is 11.6 Å². The van der Waals surface area contributed by atoms with Gasteiger partial charge in [0, 0.05) is 34.4 Å². The molecule has 29 heavy (non-hydrogen) atoms. The molecule has 0 bridgehead atoms. The van der Waals surface area contributed by atoms with Gasteiger partial charge in [-0.3, -0.25) is 14.6 Å². The molecular weight excluding hydrogens is 366 g/mol. The third-order valence-corrected chi connectivity index (χ3v) is 5.30. The summed E-state index contributed by atoms with van der Waals surface area (Å²) in [5.41, 5.74) is 4.94. The lowest BCUT2D eigenvalue weighted by molar-refractivity contribution is 0.0987. The molecule has 1 heterocycles. The SMILES string of the molecule is CCC(=O)c1c(C)nc2c(c1-c1ccc(OC)c(OC)c1)C(=O)c1ccccc1-2. The van der Waals surface area contributed by atoms with E-state index in [0.717, 1.165) is 11.1 Å². The number of Topliss-reactive ketones (excluding diaryl/α,β-unsaturated/α-hetero) is 1. The Kier molecular flexibility index (Phi) is 4.66. The van der Waals surface area contributed by atoms with Crippen LogP contribution in [0.5, 0.6) is 11.5 Å². The van der Waals surface area contributed by atoms with Gasteiger partial charge in [-0.25, -0.2) is 0 Å². The third-order valence-electron chi connectivity index (χ3n) is 5.30. The fourth-order valence-corrected chi connectivity index (χ4v) is 3.94. The van der Waals surface area contributed by atoms with E-state index in [2.05, 4.69) is 4.98 Å². The first-order chi connectivity index (χ1) is 14.0. The Hall–Kier alpha value is -3.47. The Bertz CT molecular complexity index is 1160. The van der Waals surface area contributed by atoms with Crippen molar-refractivity contribution in [3.63, 3.8) is 0 Å². The summed E-state index contributed by atoms with van der Waals surface area (Å²) in [5, 5.41) is 0. The highest BCUT2D eigenvalue weighted by molar-refractivity contribution is 6.26.